The molecule has 1 aromatic carbocycles. The van der Waals surface area contributed by atoms with Crippen LogP contribution in [0.4, 0.5) is 5.69 Å². The number of nitrogen functional groups attached to an aromatic ring is 1. The van der Waals surface area contributed by atoms with Crippen LogP contribution in [0.1, 0.15) is 20.7 Å². The highest BCUT2D eigenvalue weighted by Gasteiger charge is 2.43. The predicted molar refractivity (Wildman–Crippen MR) is 66.2 cm³/mol. The number of hydrogen-bond acceptors (Lipinski definition) is 6. The lowest BCUT2D eigenvalue weighted by Crippen LogP contribution is -2.46. The summed E-state index contributed by atoms with van der Waals surface area (Å²) in [5.74, 6) is -2.22. The number of nitrogens with zero attached hydrogens (tertiary/aromatic N) is 1. The van der Waals surface area contributed by atoms with Gasteiger partial charge in [-0.05, 0) is 12.1 Å². The van der Waals surface area contributed by atoms with Crippen LogP contribution in [0.2, 0.25) is 0 Å². The first kappa shape index (κ1) is 13.2. The second-order valence-electron chi connectivity index (χ2n) is 4.01. The molecular weight excluding hydrogens is 250 g/mol. The Labute approximate surface area is 109 Å². The van der Waals surface area contributed by atoms with Crippen molar-refractivity contribution in [2.45, 2.75) is 6.10 Å². The van der Waals surface area contributed by atoms with Crippen LogP contribution in [0.25, 0.3) is 0 Å². The zero-order valence-corrected chi connectivity index (χ0v) is 10.3. The van der Waals surface area contributed by atoms with Gasteiger partial charge in [0, 0.05) is 19.3 Å². The van der Waals surface area contributed by atoms with Crippen molar-refractivity contribution in [2.75, 3.05) is 19.4 Å². The predicted octanol–water partition coefficient (Wildman–Crippen LogP) is -0.635. The number of nitrogens with two attached hydrogens (primary N) is 2. The summed E-state index contributed by atoms with van der Waals surface area (Å²) in [6.07, 6.45) is -1.04. The molecule has 1 heterocycles. The largest absolute Gasteiger partial charge is 0.398 e. The van der Waals surface area contributed by atoms with Gasteiger partial charge in [-0.1, -0.05) is 6.07 Å². The van der Waals surface area contributed by atoms with Crippen molar-refractivity contribution >= 4 is 23.4 Å². The first-order valence-corrected chi connectivity index (χ1v) is 5.57. The monoisotopic (exact) mass is 263 g/mol. The normalized spacial score (nSPS) is 15.6. The summed E-state index contributed by atoms with van der Waals surface area (Å²) in [7, 11) is 1.28. The minimum Gasteiger partial charge on any atom is -0.398 e. The molecule has 0 saturated carbocycles. The molecule has 0 aliphatic carbocycles. The highest BCUT2D eigenvalue weighted by atomic mass is 16.5. The first-order chi connectivity index (χ1) is 9.02. The van der Waals surface area contributed by atoms with E-state index in [4.69, 9.17) is 16.2 Å². The van der Waals surface area contributed by atoms with Crippen molar-refractivity contribution in [3.63, 3.8) is 0 Å². The number of carbonyl (C=O) groups excluding carboxylic acids is 3. The second kappa shape index (κ2) is 4.79. The van der Waals surface area contributed by atoms with E-state index in [1.807, 2.05) is 0 Å². The average molecular weight is 263 g/mol. The molecule has 1 aliphatic heterocycles. The SMILES string of the molecule is COC(CN)C(=O)N1C(=O)c2cccc(N)c2C1=O. The molecule has 0 fully saturated rings. The quantitative estimate of drug-likeness (QED) is 0.554. The maximum atomic E-state index is 12.1. The Hall–Kier alpha value is -2.25. The first-order valence-electron chi connectivity index (χ1n) is 5.57. The van der Waals surface area contributed by atoms with E-state index in [0.29, 0.717) is 4.90 Å². The van der Waals surface area contributed by atoms with Crippen molar-refractivity contribution in [2.24, 2.45) is 5.73 Å². The zero-order valence-electron chi connectivity index (χ0n) is 10.3. The lowest BCUT2D eigenvalue weighted by atomic mass is 10.1. The molecule has 0 bridgehead atoms. The minimum atomic E-state index is -1.04. The van der Waals surface area contributed by atoms with Gasteiger partial charge < -0.3 is 16.2 Å². The number of ether oxygens (including phenoxy) is 1. The third kappa shape index (κ3) is 1.88. The van der Waals surface area contributed by atoms with Gasteiger partial charge in [-0.3, -0.25) is 14.4 Å². The molecule has 7 heteroatoms. The molecule has 0 radical (unpaired) electrons. The molecule has 2 rings (SSSR count). The number of rotatable bonds is 3. The number of amides is 3. The molecule has 4 N–H and O–H groups in total. The lowest BCUT2D eigenvalue weighted by Gasteiger charge is -2.17. The number of benzene rings is 1. The maximum Gasteiger partial charge on any atom is 0.270 e. The lowest BCUT2D eigenvalue weighted by molar-refractivity contribution is -0.136. The molecule has 0 saturated heterocycles. The summed E-state index contributed by atoms with van der Waals surface area (Å²) in [4.78, 5) is 36.8. The van der Waals surface area contributed by atoms with Gasteiger partial charge in [0.1, 0.15) is 6.10 Å². The maximum absolute atomic E-state index is 12.1. The Kier molecular flexibility index (Phi) is 3.32. The van der Waals surface area contributed by atoms with Gasteiger partial charge >= 0.3 is 0 Å². The molecule has 1 aliphatic rings. The third-order valence-electron chi connectivity index (χ3n) is 2.94. The third-order valence-corrected chi connectivity index (χ3v) is 2.94. The van der Waals surface area contributed by atoms with E-state index >= 15 is 0 Å². The summed E-state index contributed by atoms with van der Waals surface area (Å²) >= 11 is 0. The summed E-state index contributed by atoms with van der Waals surface area (Å²) in [5, 5.41) is 0. The van der Waals surface area contributed by atoms with Crippen molar-refractivity contribution in [1.29, 1.82) is 0 Å². The van der Waals surface area contributed by atoms with Crippen LogP contribution in [0, 0.1) is 0 Å². The fourth-order valence-electron chi connectivity index (χ4n) is 1.95. The highest BCUT2D eigenvalue weighted by Crippen LogP contribution is 2.28. The van der Waals surface area contributed by atoms with E-state index in [-0.39, 0.29) is 23.4 Å². The van der Waals surface area contributed by atoms with E-state index in [1.165, 1.54) is 19.2 Å². The Balaban J connectivity index is 2.43. The molecule has 19 heavy (non-hydrogen) atoms. The highest BCUT2D eigenvalue weighted by molar-refractivity contribution is 6.31. The topological polar surface area (TPSA) is 116 Å². The average Bonchev–Trinajstić information content (AvgIpc) is 2.64. The summed E-state index contributed by atoms with van der Waals surface area (Å²) < 4.78 is 4.85. The van der Waals surface area contributed by atoms with Crippen LogP contribution in [0.5, 0.6) is 0 Å². The Morgan fingerprint density at radius 3 is 2.58 bits per heavy atom. The van der Waals surface area contributed by atoms with E-state index in [0.717, 1.165) is 0 Å². The summed E-state index contributed by atoms with van der Waals surface area (Å²) in [6.45, 7) is -0.127. The molecule has 3 amide bonds. The van der Waals surface area contributed by atoms with Crippen molar-refractivity contribution < 1.29 is 19.1 Å². The number of carbonyl (C=O) groups is 3. The second-order valence-corrected chi connectivity index (χ2v) is 4.01. The van der Waals surface area contributed by atoms with Gasteiger partial charge in [-0.25, -0.2) is 4.90 Å². The van der Waals surface area contributed by atoms with Gasteiger partial charge in [0.2, 0.25) is 0 Å². The van der Waals surface area contributed by atoms with E-state index < -0.39 is 23.8 Å². The van der Waals surface area contributed by atoms with Crippen LogP contribution in [-0.4, -0.2) is 42.4 Å². The van der Waals surface area contributed by atoms with Gasteiger partial charge in [-0.2, -0.15) is 0 Å². The fraction of sp³-hybridized carbons (Fsp3) is 0.250. The molecule has 7 nitrogen and oxygen atoms in total. The number of anilines is 1. The standard InChI is InChI=1S/C12H13N3O4/c1-19-8(5-13)11(17)15-10(16)6-3-2-4-7(14)9(6)12(15)18/h2-4,8H,5,13-14H2,1H3. The van der Waals surface area contributed by atoms with Crippen LogP contribution in [-0.2, 0) is 9.53 Å². The Morgan fingerprint density at radius 2 is 2.05 bits per heavy atom. The molecule has 1 atom stereocenters. The van der Waals surface area contributed by atoms with Gasteiger partial charge in [-0.15, -0.1) is 0 Å². The Morgan fingerprint density at radius 1 is 1.37 bits per heavy atom. The number of hydrogen-bond donors (Lipinski definition) is 2. The van der Waals surface area contributed by atoms with Gasteiger partial charge in [0.25, 0.3) is 17.7 Å². The van der Waals surface area contributed by atoms with Crippen molar-refractivity contribution in [3.8, 4) is 0 Å². The zero-order chi connectivity index (χ0) is 14.2. The molecular formula is C12H13N3O4. The molecule has 1 unspecified atom stereocenters. The summed E-state index contributed by atoms with van der Waals surface area (Å²) in [5.41, 5.74) is 11.3. The van der Waals surface area contributed by atoms with Gasteiger partial charge in [0.05, 0.1) is 11.1 Å². The van der Waals surface area contributed by atoms with Crippen LogP contribution in [0.15, 0.2) is 18.2 Å². The number of imide groups is 3. The number of methoxy groups -OCH3 is 1. The number of fused-ring (bicyclic) bond motifs is 1. The van der Waals surface area contributed by atoms with E-state index in [1.54, 1.807) is 6.07 Å². The smallest absolute Gasteiger partial charge is 0.270 e. The van der Waals surface area contributed by atoms with Crippen molar-refractivity contribution in [3.05, 3.63) is 29.3 Å². The van der Waals surface area contributed by atoms with Crippen molar-refractivity contribution in [1.82, 2.24) is 4.90 Å². The summed E-state index contributed by atoms with van der Waals surface area (Å²) in [6, 6.07) is 4.49. The van der Waals surface area contributed by atoms with Gasteiger partial charge in [0.15, 0.2) is 0 Å². The molecule has 0 spiro atoms. The van der Waals surface area contributed by atoms with E-state index in [2.05, 4.69) is 0 Å². The molecule has 1 aromatic rings. The molecule has 100 valence electrons. The van der Waals surface area contributed by atoms with Crippen LogP contribution in [0.3, 0.4) is 0 Å². The fourth-order valence-corrected chi connectivity index (χ4v) is 1.95. The Bertz CT molecular complexity index is 566. The molecule has 0 aromatic heterocycles. The van der Waals surface area contributed by atoms with Crippen LogP contribution >= 0.6 is 0 Å². The van der Waals surface area contributed by atoms with E-state index in [9.17, 15) is 14.4 Å². The minimum absolute atomic E-state index is 0.0488. The van der Waals surface area contributed by atoms with Crippen LogP contribution < -0.4 is 11.5 Å².